The molecule has 1 aliphatic rings. The van der Waals surface area contributed by atoms with Crippen LogP contribution < -0.4 is 10.7 Å². The van der Waals surface area contributed by atoms with Gasteiger partial charge < -0.3 is 14.6 Å². The molecule has 172 valence electrons. The van der Waals surface area contributed by atoms with Gasteiger partial charge in [-0.1, -0.05) is 11.6 Å². The molecule has 0 saturated heterocycles. The van der Waals surface area contributed by atoms with E-state index in [1.165, 1.54) is 12.3 Å². The van der Waals surface area contributed by atoms with Gasteiger partial charge in [-0.3, -0.25) is 15.0 Å². The Bertz CT molecular complexity index is 940. The second-order valence-corrected chi connectivity index (χ2v) is 9.15. The molecule has 0 bridgehead atoms. The van der Waals surface area contributed by atoms with Crippen LogP contribution in [0.5, 0.6) is 0 Å². The van der Waals surface area contributed by atoms with E-state index in [1.54, 1.807) is 26.8 Å². The van der Waals surface area contributed by atoms with Crippen LogP contribution in [0.1, 0.15) is 52.5 Å². The number of hydrazine groups is 1. The summed E-state index contributed by atoms with van der Waals surface area (Å²) < 4.78 is 7.60. The zero-order valence-electron chi connectivity index (χ0n) is 18.4. The summed E-state index contributed by atoms with van der Waals surface area (Å²) in [5, 5.41) is 3.94. The largest absolute Gasteiger partial charge is 0.442 e. The summed E-state index contributed by atoms with van der Waals surface area (Å²) in [7, 11) is 0. The second-order valence-electron chi connectivity index (χ2n) is 8.71. The Morgan fingerprint density at radius 3 is 2.50 bits per heavy atom. The quantitative estimate of drug-likeness (QED) is 0.532. The maximum absolute atomic E-state index is 12.9. The first-order valence-electron chi connectivity index (χ1n) is 10.5. The van der Waals surface area contributed by atoms with Crippen molar-refractivity contribution in [3.8, 4) is 0 Å². The van der Waals surface area contributed by atoms with Gasteiger partial charge in [-0.25, -0.2) is 14.8 Å². The molecule has 0 aromatic carbocycles. The minimum atomic E-state index is -0.990. The fourth-order valence-corrected chi connectivity index (χ4v) is 3.73. The van der Waals surface area contributed by atoms with E-state index in [4.69, 9.17) is 16.3 Å². The van der Waals surface area contributed by atoms with Crippen LogP contribution in [0.25, 0.3) is 0 Å². The van der Waals surface area contributed by atoms with Crippen molar-refractivity contribution < 1.29 is 19.1 Å². The molecular weight excluding hydrogens is 434 g/mol. The van der Waals surface area contributed by atoms with Crippen LogP contribution in [-0.2, 0) is 14.3 Å². The number of carbonyl (C=O) groups excluding carboxylic acids is 3. The van der Waals surface area contributed by atoms with Crippen molar-refractivity contribution in [3.05, 3.63) is 47.9 Å². The number of hydrogen-bond acceptors (Lipinski definition) is 5. The summed E-state index contributed by atoms with van der Waals surface area (Å²) in [5.41, 5.74) is 1.69. The smallest absolute Gasteiger partial charge is 0.429 e. The van der Waals surface area contributed by atoms with Crippen molar-refractivity contribution >= 4 is 35.3 Å². The van der Waals surface area contributed by atoms with Crippen molar-refractivity contribution in [2.24, 2.45) is 0 Å². The fraction of sp³-hybridized carbons (Fsp3) is 0.455. The van der Waals surface area contributed by atoms with E-state index in [-0.39, 0.29) is 17.9 Å². The summed E-state index contributed by atoms with van der Waals surface area (Å²) in [6.45, 7) is 5.23. The summed E-state index contributed by atoms with van der Waals surface area (Å²) in [6.07, 6.45) is 7.73. The molecule has 3 rings (SSSR count). The number of rotatable bonds is 3. The Morgan fingerprint density at radius 2 is 1.88 bits per heavy atom. The van der Waals surface area contributed by atoms with Gasteiger partial charge in [-0.15, -0.1) is 0 Å². The van der Waals surface area contributed by atoms with Crippen molar-refractivity contribution in [1.29, 1.82) is 0 Å². The minimum absolute atomic E-state index is 0.170. The molecule has 1 fully saturated rings. The number of nitrogens with zero attached hydrogens (tertiary/aromatic N) is 3. The Balaban J connectivity index is 1.73. The maximum atomic E-state index is 12.9. The van der Waals surface area contributed by atoms with Gasteiger partial charge in [0.1, 0.15) is 11.4 Å². The molecule has 9 nitrogen and oxygen atoms in total. The Hall–Kier alpha value is -3.07. The molecule has 32 heavy (non-hydrogen) atoms. The van der Waals surface area contributed by atoms with Gasteiger partial charge in [-0.05, 0) is 70.7 Å². The van der Waals surface area contributed by atoms with E-state index in [9.17, 15) is 14.4 Å². The van der Waals surface area contributed by atoms with Crippen molar-refractivity contribution in [3.63, 3.8) is 0 Å². The van der Waals surface area contributed by atoms with Gasteiger partial charge in [0.25, 0.3) is 0 Å². The molecule has 2 aromatic rings. The lowest BCUT2D eigenvalue weighted by atomic mass is 9.90. The van der Waals surface area contributed by atoms with Crippen molar-refractivity contribution in [1.82, 2.24) is 20.0 Å². The maximum Gasteiger partial charge on any atom is 0.429 e. The molecule has 2 aromatic heterocycles. The van der Waals surface area contributed by atoms with E-state index < -0.39 is 23.5 Å². The molecule has 10 heteroatoms. The number of pyridine rings is 1. The Kier molecular flexibility index (Phi) is 7.40. The normalized spacial score (nSPS) is 18.5. The van der Waals surface area contributed by atoms with Crippen LogP contribution in [-0.4, -0.2) is 44.1 Å². The lowest BCUT2D eigenvalue weighted by molar-refractivity contribution is -0.140. The first kappa shape index (κ1) is 23.6. The lowest BCUT2D eigenvalue weighted by Gasteiger charge is -2.38. The van der Waals surface area contributed by atoms with Crippen molar-refractivity contribution in [2.45, 2.75) is 64.1 Å². The van der Waals surface area contributed by atoms with E-state index in [0.29, 0.717) is 17.9 Å². The number of carbonyl (C=O) groups is 3. The number of nitrogens with one attached hydrogen (secondary N) is 2. The average molecular weight is 462 g/mol. The Labute approximate surface area is 192 Å². The second kappa shape index (κ2) is 10.0. The fourth-order valence-electron chi connectivity index (χ4n) is 3.62. The number of ether oxygens (including phenoxy) is 1. The van der Waals surface area contributed by atoms with Crippen LogP contribution in [0, 0.1) is 0 Å². The number of halogens is 1. The topological polar surface area (TPSA) is 106 Å². The molecule has 0 radical (unpaired) electrons. The third-order valence-corrected chi connectivity index (χ3v) is 5.24. The molecule has 1 aliphatic carbocycles. The zero-order chi connectivity index (χ0) is 23.3. The van der Waals surface area contributed by atoms with E-state index in [1.807, 2.05) is 24.5 Å². The van der Waals surface area contributed by atoms with Gasteiger partial charge in [0.15, 0.2) is 0 Å². The highest BCUT2D eigenvalue weighted by Gasteiger charge is 2.35. The van der Waals surface area contributed by atoms with Crippen LogP contribution in [0.2, 0.25) is 5.02 Å². The van der Waals surface area contributed by atoms with Gasteiger partial charge in [0.05, 0.1) is 11.1 Å². The van der Waals surface area contributed by atoms with E-state index in [0.717, 1.165) is 17.9 Å². The summed E-state index contributed by atoms with van der Waals surface area (Å²) in [4.78, 5) is 41.9. The van der Waals surface area contributed by atoms with Crippen LogP contribution in [0.15, 0.2) is 42.9 Å². The minimum Gasteiger partial charge on any atom is -0.442 e. The van der Waals surface area contributed by atoms with E-state index in [2.05, 4.69) is 20.3 Å². The van der Waals surface area contributed by atoms with Crippen molar-refractivity contribution in [2.75, 3.05) is 5.32 Å². The monoisotopic (exact) mass is 461 g/mol. The highest BCUT2D eigenvalue weighted by atomic mass is 35.5. The molecule has 1 saturated carbocycles. The molecular formula is C22H28ClN5O4. The number of amides is 3. The SMILES string of the molecule is CC(C)(C)OC(=O)N(NC(=O)C(=O)Nc1ccc(Cl)cn1)C1CCC[C@H](n2cccc2)C1. The summed E-state index contributed by atoms with van der Waals surface area (Å²) in [6, 6.07) is 6.77. The molecule has 2 N–H and O–H groups in total. The summed E-state index contributed by atoms with van der Waals surface area (Å²) in [5.74, 6) is -1.77. The molecule has 3 amide bonds. The number of hydrogen-bond donors (Lipinski definition) is 2. The zero-order valence-corrected chi connectivity index (χ0v) is 19.1. The van der Waals surface area contributed by atoms with Crippen LogP contribution in [0.4, 0.5) is 10.6 Å². The molecule has 1 unspecified atom stereocenters. The predicted octanol–water partition coefficient (Wildman–Crippen LogP) is 3.93. The summed E-state index contributed by atoms with van der Waals surface area (Å²) >= 11 is 5.79. The molecule has 2 atom stereocenters. The third-order valence-electron chi connectivity index (χ3n) is 5.02. The van der Waals surface area contributed by atoms with Gasteiger partial charge in [0.2, 0.25) is 0 Å². The highest BCUT2D eigenvalue weighted by molar-refractivity contribution is 6.39. The molecule has 0 spiro atoms. The number of anilines is 1. The van der Waals surface area contributed by atoms with E-state index >= 15 is 0 Å². The first-order chi connectivity index (χ1) is 15.1. The average Bonchev–Trinajstić information content (AvgIpc) is 3.27. The van der Waals surface area contributed by atoms with Gasteiger partial charge >= 0.3 is 17.9 Å². The number of aromatic nitrogens is 2. The van der Waals surface area contributed by atoms with Gasteiger partial charge in [-0.2, -0.15) is 0 Å². The lowest BCUT2D eigenvalue weighted by Crippen LogP contribution is -2.56. The van der Waals surface area contributed by atoms with Crippen LogP contribution in [0.3, 0.4) is 0 Å². The standard InChI is InChI=1S/C22H28ClN5O4/c1-22(2,3)32-21(31)28(17-8-6-7-16(13-17)27-11-4-5-12-27)26-20(30)19(29)25-18-10-9-15(23)14-24-18/h4-5,9-12,14,16-17H,6-8,13H2,1-3H3,(H,26,30)(H,24,25,29)/t16-,17?/m0/s1. The third kappa shape index (κ3) is 6.46. The van der Waals surface area contributed by atoms with Gasteiger partial charge in [0, 0.05) is 24.6 Å². The Morgan fingerprint density at radius 1 is 1.16 bits per heavy atom. The highest BCUT2D eigenvalue weighted by Crippen LogP contribution is 2.31. The molecule has 2 heterocycles. The first-order valence-corrected chi connectivity index (χ1v) is 10.9. The molecule has 0 aliphatic heterocycles. The van der Waals surface area contributed by atoms with Crippen LogP contribution >= 0.6 is 11.6 Å². The predicted molar refractivity (Wildman–Crippen MR) is 120 cm³/mol.